The number of nitrogens with zero attached hydrogens (tertiary/aromatic N) is 1. The van der Waals surface area contributed by atoms with Gasteiger partial charge in [-0.2, -0.15) is 0 Å². The summed E-state index contributed by atoms with van der Waals surface area (Å²) in [5, 5.41) is 3.49. The summed E-state index contributed by atoms with van der Waals surface area (Å²) in [6.45, 7) is 15.3. The summed E-state index contributed by atoms with van der Waals surface area (Å²) in [6.07, 6.45) is 5.44. The van der Waals surface area contributed by atoms with Gasteiger partial charge in [0, 0.05) is 30.7 Å². The second-order valence-corrected chi connectivity index (χ2v) is 10.2. The molecular formula is C28H39ClN2O5. The lowest BCUT2D eigenvalue weighted by atomic mass is 10.0. The average Bonchev–Trinajstić information content (AvgIpc) is 2.80. The number of esters is 1. The van der Waals surface area contributed by atoms with Crippen LogP contribution in [0.4, 0.5) is 4.79 Å². The molecule has 0 aliphatic carbocycles. The van der Waals surface area contributed by atoms with Crippen LogP contribution in [0.3, 0.4) is 0 Å². The Kier molecular flexibility index (Phi) is 12.2. The molecule has 1 fully saturated rings. The van der Waals surface area contributed by atoms with Gasteiger partial charge in [0.15, 0.2) is 0 Å². The maximum atomic E-state index is 12.6. The summed E-state index contributed by atoms with van der Waals surface area (Å²) in [5.74, 6) is -0.376. The smallest absolute Gasteiger partial charge is 0.407 e. The molecule has 1 unspecified atom stereocenters. The molecule has 8 heteroatoms. The zero-order chi connectivity index (χ0) is 26.6. The standard InChI is InChI=1S/C28H39ClN2O5/c1-6-22(11-10-21(2)23-8-7-9-24(29)19-23)18-25(30-27(33)36-28(3,4)5)20-26(32)35-17-14-31-12-15-34-16-13-31/h6-11,19,25H,1,12-18,20H2,2-5H3,(H,30,33)/b21-10+,22-11+. The van der Waals surface area contributed by atoms with Crippen molar-refractivity contribution in [2.45, 2.75) is 52.2 Å². The topological polar surface area (TPSA) is 77.1 Å². The third-order valence-corrected chi connectivity index (χ3v) is 5.71. The van der Waals surface area contributed by atoms with Crippen molar-refractivity contribution in [1.82, 2.24) is 10.2 Å². The van der Waals surface area contributed by atoms with Crippen molar-refractivity contribution in [2.75, 3.05) is 39.5 Å². The number of alkyl carbamates (subject to hydrolysis) is 1. The second-order valence-electron chi connectivity index (χ2n) is 9.73. The van der Waals surface area contributed by atoms with E-state index in [1.165, 1.54) is 0 Å². The summed E-state index contributed by atoms with van der Waals surface area (Å²) in [5.41, 5.74) is 2.24. The van der Waals surface area contributed by atoms with E-state index in [9.17, 15) is 9.59 Å². The molecule has 0 bridgehead atoms. The van der Waals surface area contributed by atoms with Gasteiger partial charge in [0.25, 0.3) is 0 Å². The van der Waals surface area contributed by atoms with Gasteiger partial charge < -0.3 is 19.5 Å². The Morgan fingerprint density at radius 2 is 1.94 bits per heavy atom. The lowest BCUT2D eigenvalue weighted by Gasteiger charge is -2.26. The lowest BCUT2D eigenvalue weighted by Crippen LogP contribution is -2.41. The zero-order valence-electron chi connectivity index (χ0n) is 21.8. The summed E-state index contributed by atoms with van der Waals surface area (Å²) in [7, 11) is 0. The fraction of sp³-hybridized carbons (Fsp3) is 0.500. The minimum Gasteiger partial charge on any atom is -0.464 e. The maximum Gasteiger partial charge on any atom is 0.407 e. The number of morpholine rings is 1. The van der Waals surface area contributed by atoms with Gasteiger partial charge in [-0.3, -0.25) is 9.69 Å². The second kappa shape index (κ2) is 14.8. The van der Waals surface area contributed by atoms with Gasteiger partial charge >= 0.3 is 12.1 Å². The third-order valence-electron chi connectivity index (χ3n) is 5.48. The van der Waals surface area contributed by atoms with Gasteiger partial charge in [0.2, 0.25) is 0 Å². The Morgan fingerprint density at radius 1 is 1.22 bits per heavy atom. The minimum atomic E-state index is -0.652. The van der Waals surface area contributed by atoms with E-state index in [0.29, 0.717) is 37.8 Å². The molecule has 0 aromatic heterocycles. The van der Waals surface area contributed by atoms with Crippen LogP contribution in [0.15, 0.2) is 54.6 Å². The average molecular weight is 519 g/mol. The summed E-state index contributed by atoms with van der Waals surface area (Å²) >= 11 is 6.11. The molecular weight excluding hydrogens is 480 g/mol. The Bertz CT molecular complexity index is 946. The molecule has 1 N–H and O–H groups in total. The maximum absolute atomic E-state index is 12.6. The third kappa shape index (κ3) is 11.9. The van der Waals surface area contributed by atoms with E-state index in [1.807, 2.05) is 43.3 Å². The Labute approximate surface area is 220 Å². The van der Waals surface area contributed by atoms with Crippen molar-refractivity contribution in [3.05, 3.63) is 65.2 Å². The molecule has 198 valence electrons. The summed E-state index contributed by atoms with van der Waals surface area (Å²) < 4.78 is 16.2. The number of allylic oxidation sites excluding steroid dienone is 4. The minimum absolute atomic E-state index is 0.0184. The Hall–Kier alpha value is -2.61. The molecule has 0 spiro atoms. The molecule has 1 heterocycles. The van der Waals surface area contributed by atoms with E-state index in [-0.39, 0.29) is 12.4 Å². The van der Waals surface area contributed by atoms with Gasteiger partial charge in [-0.25, -0.2) is 4.79 Å². The predicted molar refractivity (Wildman–Crippen MR) is 144 cm³/mol. The molecule has 1 atom stereocenters. The number of carbonyl (C=O) groups is 2. The highest BCUT2D eigenvalue weighted by atomic mass is 35.5. The number of nitrogens with one attached hydrogen (secondary N) is 1. The molecule has 2 rings (SSSR count). The van der Waals surface area contributed by atoms with Gasteiger partial charge in [-0.15, -0.1) is 0 Å². The number of carbonyl (C=O) groups excluding carboxylic acids is 2. The fourth-order valence-corrected chi connectivity index (χ4v) is 3.78. The van der Waals surface area contributed by atoms with E-state index in [0.717, 1.165) is 29.8 Å². The highest BCUT2D eigenvalue weighted by Crippen LogP contribution is 2.20. The lowest BCUT2D eigenvalue weighted by molar-refractivity contribution is -0.144. The Balaban J connectivity index is 2.04. The fourth-order valence-electron chi connectivity index (χ4n) is 3.59. The first-order valence-electron chi connectivity index (χ1n) is 12.3. The van der Waals surface area contributed by atoms with Crippen LogP contribution in [-0.2, 0) is 19.0 Å². The number of benzene rings is 1. The largest absolute Gasteiger partial charge is 0.464 e. The van der Waals surface area contributed by atoms with Crippen LogP contribution in [0, 0.1) is 0 Å². The highest BCUT2D eigenvalue weighted by Gasteiger charge is 2.23. The van der Waals surface area contributed by atoms with Crippen LogP contribution in [0.2, 0.25) is 5.02 Å². The van der Waals surface area contributed by atoms with Gasteiger partial charge in [0.05, 0.1) is 19.6 Å². The van der Waals surface area contributed by atoms with E-state index in [1.54, 1.807) is 26.8 Å². The van der Waals surface area contributed by atoms with Crippen LogP contribution in [0.1, 0.15) is 46.1 Å². The van der Waals surface area contributed by atoms with Crippen molar-refractivity contribution < 1.29 is 23.8 Å². The van der Waals surface area contributed by atoms with E-state index < -0.39 is 17.7 Å². The first-order chi connectivity index (χ1) is 17.1. The highest BCUT2D eigenvalue weighted by molar-refractivity contribution is 6.30. The van der Waals surface area contributed by atoms with E-state index >= 15 is 0 Å². The van der Waals surface area contributed by atoms with E-state index in [4.69, 9.17) is 25.8 Å². The molecule has 1 aliphatic heterocycles. The van der Waals surface area contributed by atoms with E-state index in [2.05, 4.69) is 16.8 Å². The van der Waals surface area contributed by atoms with Crippen molar-refractivity contribution in [1.29, 1.82) is 0 Å². The van der Waals surface area contributed by atoms with Crippen molar-refractivity contribution >= 4 is 29.2 Å². The quantitative estimate of drug-likeness (QED) is 0.312. The van der Waals surface area contributed by atoms with Gasteiger partial charge in [0.1, 0.15) is 12.2 Å². The number of ether oxygens (including phenoxy) is 3. The molecule has 0 radical (unpaired) electrons. The van der Waals surface area contributed by atoms with Gasteiger partial charge in [-0.1, -0.05) is 48.5 Å². The Morgan fingerprint density at radius 3 is 2.58 bits per heavy atom. The summed E-state index contributed by atoms with van der Waals surface area (Å²) in [6, 6.07) is 7.10. The first kappa shape index (κ1) is 29.6. The molecule has 1 saturated heterocycles. The number of amides is 1. The molecule has 1 amide bonds. The summed E-state index contributed by atoms with van der Waals surface area (Å²) in [4.78, 5) is 27.2. The molecule has 0 saturated carbocycles. The van der Waals surface area contributed by atoms with Crippen molar-refractivity contribution in [2.24, 2.45) is 0 Å². The molecule has 1 aliphatic rings. The van der Waals surface area contributed by atoms with Crippen LogP contribution in [0.25, 0.3) is 5.57 Å². The number of rotatable bonds is 11. The van der Waals surface area contributed by atoms with Crippen LogP contribution in [0.5, 0.6) is 0 Å². The number of hydrogen-bond acceptors (Lipinski definition) is 6. The number of hydrogen-bond donors (Lipinski definition) is 1. The van der Waals surface area contributed by atoms with Crippen LogP contribution >= 0.6 is 11.6 Å². The first-order valence-corrected chi connectivity index (χ1v) is 12.6. The number of halogens is 1. The molecule has 7 nitrogen and oxygen atoms in total. The van der Waals surface area contributed by atoms with Crippen LogP contribution in [-0.4, -0.2) is 68.1 Å². The molecule has 1 aromatic rings. The zero-order valence-corrected chi connectivity index (χ0v) is 22.6. The molecule has 1 aromatic carbocycles. The van der Waals surface area contributed by atoms with Crippen molar-refractivity contribution in [3.8, 4) is 0 Å². The molecule has 36 heavy (non-hydrogen) atoms. The monoisotopic (exact) mass is 518 g/mol. The SMILES string of the molecule is C=C/C(=C\C=C(/C)c1cccc(Cl)c1)CC(CC(=O)OCCN1CCOCC1)NC(=O)OC(C)(C)C. The van der Waals surface area contributed by atoms with Crippen LogP contribution < -0.4 is 5.32 Å². The van der Waals surface area contributed by atoms with Gasteiger partial charge in [-0.05, 0) is 63.0 Å². The predicted octanol–water partition coefficient (Wildman–Crippen LogP) is 5.40. The van der Waals surface area contributed by atoms with Crippen molar-refractivity contribution in [3.63, 3.8) is 0 Å². The normalized spacial score (nSPS) is 16.2.